The van der Waals surface area contributed by atoms with Gasteiger partial charge >= 0.3 is 5.97 Å². The van der Waals surface area contributed by atoms with Crippen LogP contribution in [-0.2, 0) is 4.74 Å². The smallest absolute Gasteiger partial charge is 0.338 e. The van der Waals surface area contributed by atoms with Crippen molar-refractivity contribution in [3.8, 4) is 11.5 Å². The zero-order chi connectivity index (χ0) is 17.9. The van der Waals surface area contributed by atoms with E-state index < -0.39 is 5.97 Å². The summed E-state index contributed by atoms with van der Waals surface area (Å²) in [6.45, 7) is 0.600. The highest BCUT2D eigenvalue weighted by atomic mass is 16.6. The zero-order valence-corrected chi connectivity index (χ0v) is 13.9. The third-order valence-corrected chi connectivity index (χ3v) is 4.20. The van der Waals surface area contributed by atoms with Crippen LogP contribution in [0.2, 0.25) is 0 Å². The first kappa shape index (κ1) is 16.1. The van der Waals surface area contributed by atoms with Crippen molar-refractivity contribution in [3.05, 3.63) is 71.8 Å². The third kappa shape index (κ3) is 3.11. The van der Waals surface area contributed by atoms with Gasteiger partial charge < -0.3 is 14.2 Å². The van der Waals surface area contributed by atoms with Crippen LogP contribution in [0.1, 0.15) is 20.7 Å². The van der Waals surface area contributed by atoms with E-state index in [4.69, 9.17) is 14.2 Å². The van der Waals surface area contributed by atoms with E-state index in [1.807, 2.05) is 36.4 Å². The monoisotopic (exact) mass is 348 g/mol. The Hall–Kier alpha value is -3.34. The summed E-state index contributed by atoms with van der Waals surface area (Å²) in [6.07, 6.45) is 0. The fraction of sp³-hybridized carbons (Fsp3) is 0.143. The van der Waals surface area contributed by atoms with Crippen LogP contribution in [0.5, 0.6) is 11.5 Å². The summed E-state index contributed by atoms with van der Waals surface area (Å²) in [5.74, 6) is 0.286. The van der Waals surface area contributed by atoms with E-state index in [2.05, 4.69) is 0 Å². The normalized spacial score (nSPS) is 12.6. The molecule has 1 aliphatic heterocycles. The zero-order valence-electron chi connectivity index (χ0n) is 13.9. The standard InChI is InChI=1S/C21H16O5/c22-18(17-7-3-5-14-4-1-2-6-16(14)17)13-26-21(23)15-8-9-19-20(12-15)25-11-10-24-19/h1-9,12H,10-11,13H2. The lowest BCUT2D eigenvalue weighted by Gasteiger charge is -2.18. The maximum atomic E-state index is 12.5. The molecular weight excluding hydrogens is 332 g/mol. The van der Waals surface area contributed by atoms with E-state index in [1.165, 1.54) is 0 Å². The Kier molecular flexibility index (Phi) is 4.27. The molecule has 0 saturated heterocycles. The van der Waals surface area contributed by atoms with Gasteiger partial charge in [-0.1, -0.05) is 42.5 Å². The molecule has 1 aliphatic rings. The number of esters is 1. The topological polar surface area (TPSA) is 61.8 Å². The quantitative estimate of drug-likeness (QED) is 0.532. The summed E-state index contributed by atoms with van der Waals surface area (Å²) in [5, 5.41) is 1.81. The number of carbonyl (C=O) groups is 2. The molecule has 0 atom stereocenters. The van der Waals surface area contributed by atoms with Crippen LogP contribution in [0.3, 0.4) is 0 Å². The lowest BCUT2D eigenvalue weighted by atomic mass is 10.0. The number of ketones is 1. The number of rotatable bonds is 4. The van der Waals surface area contributed by atoms with Crippen LogP contribution in [0.4, 0.5) is 0 Å². The largest absolute Gasteiger partial charge is 0.486 e. The van der Waals surface area contributed by atoms with Crippen LogP contribution in [0.15, 0.2) is 60.7 Å². The van der Waals surface area contributed by atoms with Gasteiger partial charge in [-0.2, -0.15) is 0 Å². The van der Waals surface area contributed by atoms with E-state index in [0.717, 1.165) is 10.8 Å². The summed E-state index contributed by atoms with van der Waals surface area (Å²) in [5.41, 5.74) is 0.859. The van der Waals surface area contributed by atoms with Crippen LogP contribution < -0.4 is 9.47 Å². The summed E-state index contributed by atoms with van der Waals surface area (Å²) < 4.78 is 16.1. The number of Topliss-reactive ketones (excluding diaryl/α,β-unsaturated/α-hetero) is 1. The summed E-state index contributed by atoms with van der Waals surface area (Å²) >= 11 is 0. The van der Waals surface area contributed by atoms with Gasteiger partial charge in [-0.25, -0.2) is 4.79 Å². The van der Waals surface area contributed by atoms with Gasteiger partial charge in [0, 0.05) is 5.56 Å². The van der Waals surface area contributed by atoms with Gasteiger partial charge in [-0.3, -0.25) is 4.79 Å². The summed E-state index contributed by atoms with van der Waals surface area (Å²) in [4.78, 5) is 24.8. The van der Waals surface area contributed by atoms with Crippen molar-refractivity contribution in [3.63, 3.8) is 0 Å². The second-order valence-corrected chi connectivity index (χ2v) is 5.88. The van der Waals surface area contributed by atoms with Gasteiger partial charge in [0.2, 0.25) is 5.78 Å². The fourth-order valence-corrected chi connectivity index (χ4v) is 2.93. The first-order valence-corrected chi connectivity index (χ1v) is 8.30. The summed E-state index contributed by atoms with van der Waals surface area (Å²) in [6, 6.07) is 17.9. The van der Waals surface area contributed by atoms with E-state index in [-0.39, 0.29) is 12.4 Å². The second-order valence-electron chi connectivity index (χ2n) is 5.88. The first-order chi connectivity index (χ1) is 12.7. The van der Waals surface area contributed by atoms with Crippen molar-refractivity contribution < 1.29 is 23.8 Å². The molecule has 0 N–H and O–H groups in total. The Labute approximate surface area is 150 Å². The molecule has 0 bridgehead atoms. The van der Waals surface area contributed by atoms with Crippen molar-refractivity contribution in [1.82, 2.24) is 0 Å². The molecule has 130 valence electrons. The maximum Gasteiger partial charge on any atom is 0.338 e. The Bertz CT molecular complexity index is 987. The maximum absolute atomic E-state index is 12.5. The highest BCUT2D eigenvalue weighted by molar-refractivity contribution is 6.09. The predicted octanol–water partition coefficient (Wildman–Crippen LogP) is 3.65. The Morgan fingerprint density at radius 2 is 1.65 bits per heavy atom. The van der Waals surface area contributed by atoms with Crippen molar-refractivity contribution in [2.45, 2.75) is 0 Å². The van der Waals surface area contributed by atoms with Gasteiger partial charge in [-0.05, 0) is 29.0 Å². The van der Waals surface area contributed by atoms with Crippen LogP contribution >= 0.6 is 0 Å². The Balaban J connectivity index is 1.48. The van der Waals surface area contributed by atoms with Gasteiger partial charge in [-0.15, -0.1) is 0 Å². The number of carbonyl (C=O) groups excluding carboxylic acids is 2. The molecule has 0 aliphatic carbocycles. The minimum absolute atomic E-state index is 0.243. The predicted molar refractivity (Wildman–Crippen MR) is 96.0 cm³/mol. The number of fused-ring (bicyclic) bond motifs is 2. The molecule has 5 heteroatoms. The fourth-order valence-electron chi connectivity index (χ4n) is 2.93. The summed E-state index contributed by atoms with van der Waals surface area (Å²) in [7, 11) is 0. The molecule has 0 unspecified atom stereocenters. The molecule has 0 spiro atoms. The number of hydrogen-bond acceptors (Lipinski definition) is 5. The molecule has 5 nitrogen and oxygen atoms in total. The lowest BCUT2D eigenvalue weighted by molar-refractivity contribution is 0.0474. The Morgan fingerprint density at radius 1 is 0.885 bits per heavy atom. The van der Waals surface area contributed by atoms with E-state index >= 15 is 0 Å². The highest BCUT2D eigenvalue weighted by Gasteiger charge is 2.17. The van der Waals surface area contributed by atoms with Crippen LogP contribution in [0.25, 0.3) is 10.8 Å². The number of ether oxygens (including phenoxy) is 3. The van der Waals surface area contributed by atoms with Crippen molar-refractivity contribution >= 4 is 22.5 Å². The van der Waals surface area contributed by atoms with Gasteiger partial charge in [0.25, 0.3) is 0 Å². The number of hydrogen-bond donors (Lipinski definition) is 0. The van der Waals surface area contributed by atoms with Crippen molar-refractivity contribution in [1.29, 1.82) is 0 Å². The molecular formula is C21H16O5. The van der Waals surface area contributed by atoms with Crippen molar-refractivity contribution in [2.75, 3.05) is 19.8 Å². The molecule has 1 heterocycles. The molecule has 26 heavy (non-hydrogen) atoms. The Morgan fingerprint density at radius 3 is 2.54 bits per heavy atom. The van der Waals surface area contributed by atoms with Gasteiger partial charge in [0.15, 0.2) is 18.1 Å². The molecule has 4 rings (SSSR count). The highest BCUT2D eigenvalue weighted by Crippen LogP contribution is 2.31. The van der Waals surface area contributed by atoms with E-state index in [1.54, 1.807) is 24.3 Å². The first-order valence-electron chi connectivity index (χ1n) is 8.30. The SMILES string of the molecule is O=C(OCC(=O)c1cccc2ccccc12)c1ccc2c(c1)OCCO2. The third-order valence-electron chi connectivity index (χ3n) is 4.20. The van der Waals surface area contributed by atoms with Crippen molar-refractivity contribution in [2.24, 2.45) is 0 Å². The molecule has 3 aromatic rings. The molecule has 0 radical (unpaired) electrons. The average Bonchev–Trinajstić information content (AvgIpc) is 2.71. The van der Waals surface area contributed by atoms with E-state index in [0.29, 0.717) is 35.8 Å². The minimum atomic E-state index is -0.574. The van der Waals surface area contributed by atoms with Crippen LogP contribution in [-0.4, -0.2) is 31.6 Å². The minimum Gasteiger partial charge on any atom is -0.486 e. The number of benzene rings is 3. The molecule has 0 aromatic heterocycles. The molecule has 3 aromatic carbocycles. The molecule has 0 amide bonds. The average molecular weight is 348 g/mol. The van der Waals surface area contributed by atoms with E-state index in [9.17, 15) is 9.59 Å². The second kappa shape index (κ2) is 6.88. The van der Waals surface area contributed by atoms with Gasteiger partial charge in [0.1, 0.15) is 13.2 Å². The van der Waals surface area contributed by atoms with Gasteiger partial charge in [0.05, 0.1) is 5.56 Å². The lowest BCUT2D eigenvalue weighted by Crippen LogP contribution is -2.17. The van der Waals surface area contributed by atoms with Crippen LogP contribution in [0, 0.1) is 0 Å². The molecule has 0 fully saturated rings. The molecule has 0 saturated carbocycles.